The van der Waals surface area contributed by atoms with Gasteiger partial charge >= 0.3 is 5.97 Å². The molecule has 0 spiro atoms. The zero-order valence-electron chi connectivity index (χ0n) is 10.4. The van der Waals surface area contributed by atoms with Crippen LogP contribution in [-0.4, -0.2) is 31.9 Å². The third-order valence-corrected chi connectivity index (χ3v) is 2.32. The van der Waals surface area contributed by atoms with Crippen molar-refractivity contribution < 1.29 is 28.5 Å². The minimum Gasteiger partial charge on any atom is -0.496 e. The molecule has 0 radical (unpaired) electrons. The molecular formula is C12H15FO5. The predicted octanol–water partition coefficient (Wildman–Crippen LogP) is 1.44. The van der Waals surface area contributed by atoms with Gasteiger partial charge in [0.05, 0.1) is 26.4 Å². The van der Waals surface area contributed by atoms with E-state index in [-0.39, 0.29) is 23.7 Å². The van der Waals surface area contributed by atoms with E-state index in [0.29, 0.717) is 0 Å². The molecular weight excluding hydrogens is 243 g/mol. The molecule has 18 heavy (non-hydrogen) atoms. The topological polar surface area (TPSA) is 65.0 Å². The number of hydrogen-bond donors (Lipinski definition) is 1. The lowest BCUT2D eigenvalue weighted by molar-refractivity contribution is -0.153. The molecule has 1 atom stereocenters. The fraction of sp³-hybridized carbons (Fsp3) is 0.417. The standard InChI is InChI=1S/C12H15FO5/c1-4-18-12(15)10(14)9-8(16-2)6-5-7(13)11(9)17-3/h5-6,10,14H,4H2,1-3H3. The van der Waals surface area contributed by atoms with E-state index in [1.807, 2.05) is 0 Å². The van der Waals surface area contributed by atoms with Gasteiger partial charge in [-0.15, -0.1) is 0 Å². The number of ether oxygens (including phenoxy) is 3. The molecule has 0 saturated carbocycles. The monoisotopic (exact) mass is 258 g/mol. The summed E-state index contributed by atoms with van der Waals surface area (Å²) in [7, 11) is 2.58. The largest absolute Gasteiger partial charge is 0.496 e. The highest BCUT2D eigenvalue weighted by Crippen LogP contribution is 2.36. The van der Waals surface area contributed by atoms with Crippen LogP contribution in [-0.2, 0) is 9.53 Å². The van der Waals surface area contributed by atoms with Crippen molar-refractivity contribution in [3.05, 3.63) is 23.5 Å². The first-order valence-electron chi connectivity index (χ1n) is 5.31. The van der Waals surface area contributed by atoms with Crippen molar-refractivity contribution in [3.8, 4) is 11.5 Å². The van der Waals surface area contributed by atoms with Crippen molar-refractivity contribution in [2.75, 3.05) is 20.8 Å². The molecule has 0 aliphatic rings. The number of hydrogen-bond acceptors (Lipinski definition) is 5. The van der Waals surface area contributed by atoms with Crippen molar-refractivity contribution in [2.45, 2.75) is 13.0 Å². The molecule has 1 unspecified atom stereocenters. The average molecular weight is 258 g/mol. The zero-order valence-corrected chi connectivity index (χ0v) is 10.4. The van der Waals surface area contributed by atoms with Crippen molar-refractivity contribution in [1.29, 1.82) is 0 Å². The fourth-order valence-corrected chi connectivity index (χ4v) is 1.54. The first kappa shape index (κ1) is 14.2. The van der Waals surface area contributed by atoms with Gasteiger partial charge in [-0.25, -0.2) is 9.18 Å². The van der Waals surface area contributed by atoms with Crippen molar-refractivity contribution in [2.24, 2.45) is 0 Å². The molecule has 0 aromatic heterocycles. The van der Waals surface area contributed by atoms with Gasteiger partial charge in [0, 0.05) is 0 Å². The van der Waals surface area contributed by atoms with E-state index in [1.165, 1.54) is 20.3 Å². The van der Waals surface area contributed by atoms with Gasteiger partial charge in [0.15, 0.2) is 17.7 Å². The van der Waals surface area contributed by atoms with Crippen LogP contribution in [0.3, 0.4) is 0 Å². The Morgan fingerprint density at radius 2 is 2.06 bits per heavy atom. The molecule has 0 amide bonds. The highest BCUT2D eigenvalue weighted by Gasteiger charge is 2.28. The first-order chi connectivity index (χ1) is 8.56. The molecule has 0 saturated heterocycles. The smallest absolute Gasteiger partial charge is 0.339 e. The number of rotatable bonds is 5. The van der Waals surface area contributed by atoms with Gasteiger partial charge in [0.25, 0.3) is 0 Å². The molecule has 1 rings (SSSR count). The van der Waals surface area contributed by atoms with Crippen LogP contribution in [0.1, 0.15) is 18.6 Å². The van der Waals surface area contributed by atoms with Gasteiger partial charge in [-0.2, -0.15) is 0 Å². The predicted molar refractivity (Wildman–Crippen MR) is 61.1 cm³/mol. The number of halogens is 1. The number of aliphatic hydroxyl groups is 1. The Kier molecular flexibility index (Phi) is 4.91. The summed E-state index contributed by atoms with van der Waals surface area (Å²) < 4.78 is 28.0. The second-order valence-electron chi connectivity index (χ2n) is 3.35. The molecule has 100 valence electrons. The third kappa shape index (κ3) is 2.70. The molecule has 1 aromatic rings. The molecule has 5 nitrogen and oxygen atoms in total. The van der Waals surface area contributed by atoms with Crippen LogP contribution in [0.2, 0.25) is 0 Å². The fourth-order valence-electron chi connectivity index (χ4n) is 1.54. The lowest BCUT2D eigenvalue weighted by atomic mass is 10.1. The highest BCUT2D eigenvalue weighted by atomic mass is 19.1. The van der Waals surface area contributed by atoms with Crippen molar-refractivity contribution >= 4 is 5.97 Å². The average Bonchev–Trinajstić information content (AvgIpc) is 2.37. The SMILES string of the molecule is CCOC(=O)C(O)c1c(OC)ccc(F)c1OC. The lowest BCUT2D eigenvalue weighted by Crippen LogP contribution is -2.17. The van der Waals surface area contributed by atoms with E-state index in [0.717, 1.165) is 6.07 Å². The Morgan fingerprint density at radius 1 is 1.39 bits per heavy atom. The van der Waals surface area contributed by atoms with Gasteiger partial charge in [0.2, 0.25) is 0 Å². The molecule has 1 N–H and O–H groups in total. The summed E-state index contributed by atoms with van der Waals surface area (Å²) in [5.41, 5.74) is -0.0848. The van der Waals surface area contributed by atoms with Gasteiger partial charge < -0.3 is 19.3 Å². The summed E-state index contributed by atoms with van der Waals surface area (Å²) in [6.07, 6.45) is -1.66. The van der Waals surface area contributed by atoms with E-state index in [9.17, 15) is 14.3 Å². The van der Waals surface area contributed by atoms with Crippen LogP contribution in [0.25, 0.3) is 0 Å². The summed E-state index contributed by atoms with van der Waals surface area (Å²) >= 11 is 0. The number of benzene rings is 1. The Balaban J connectivity index is 3.27. The van der Waals surface area contributed by atoms with E-state index in [2.05, 4.69) is 4.74 Å². The van der Waals surface area contributed by atoms with E-state index < -0.39 is 17.9 Å². The normalized spacial score (nSPS) is 11.8. The van der Waals surface area contributed by atoms with Gasteiger partial charge in [-0.05, 0) is 19.1 Å². The molecule has 0 aliphatic carbocycles. The Bertz CT molecular complexity index is 433. The van der Waals surface area contributed by atoms with Crippen LogP contribution < -0.4 is 9.47 Å². The summed E-state index contributed by atoms with van der Waals surface area (Å²) in [6.45, 7) is 1.71. The van der Waals surface area contributed by atoms with E-state index in [1.54, 1.807) is 6.92 Å². The maximum absolute atomic E-state index is 13.5. The summed E-state index contributed by atoms with van der Waals surface area (Å²) in [4.78, 5) is 11.5. The molecule has 6 heteroatoms. The highest BCUT2D eigenvalue weighted by molar-refractivity contribution is 5.78. The number of methoxy groups -OCH3 is 2. The minimum atomic E-state index is -1.66. The van der Waals surface area contributed by atoms with E-state index in [4.69, 9.17) is 9.47 Å². The number of aliphatic hydroxyl groups excluding tert-OH is 1. The van der Waals surface area contributed by atoms with Crippen molar-refractivity contribution in [1.82, 2.24) is 0 Å². The van der Waals surface area contributed by atoms with Gasteiger partial charge in [0.1, 0.15) is 5.75 Å². The van der Waals surface area contributed by atoms with Crippen LogP contribution >= 0.6 is 0 Å². The zero-order chi connectivity index (χ0) is 13.7. The van der Waals surface area contributed by atoms with Crippen molar-refractivity contribution in [3.63, 3.8) is 0 Å². The molecule has 0 fully saturated rings. The molecule has 0 bridgehead atoms. The lowest BCUT2D eigenvalue weighted by Gasteiger charge is -2.17. The Hall–Kier alpha value is -1.82. The number of carbonyl (C=O) groups is 1. The quantitative estimate of drug-likeness (QED) is 0.809. The summed E-state index contributed by atoms with van der Waals surface area (Å²) in [5, 5.41) is 9.87. The second-order valence-corrected chi connectivity index (χ2v) is 3.35. The third-order valence-electron chi connectivity index (χ3n) is 2.32. The molecule has 1 aromatic carbocycles. The van der Waals surface area contributed by atoms with Crippen LogP contribution in [0.4, 0.5) is 4.39 Å². The van der Waals surface area contributed by atoms with Crippen LogP contribution in [0.15, 0.2) is 12.1 Å². The molecule has 0 aliphatic heterocycles. The summed E-state index contributed by atoms with van der Waals surface area (Å²) in [5.74, 6) is -1.68. The van der Waals surface area contributed by atoms with Crippen LogP contribution in [0.5, 0.6) is 11.5 Å². The maximum Gasteiger partial charge on any atom is 0.339 e. The summed E-state index contributed by atoms with van der Waals surface area (Å²) in [6, 6.07) is 2.43. The number of carbonyl (C=O) groups excluding carboxylic acids is 1. The van der Waals surface area contributed by atoms with Gasteiger partial charge in [-0.3, -0.25) is 0 Å². The minimum absolute atomic E-state index is 0.0848. The Morgan fingerprint density at radius 3 is 2.56 bits per heavy atom. The first-order valence-corrected chi connectivity index (χ1v) is 5.31. The van der Waals surface area contributed by atoms with E-state index >= 15 is 0 Å². The van der Waals surface area contributed by atoms with Gasteiger partial charge in [-0.1, -0.05) is 0 Å². The molecule has 0 heterocycles. The maximum atomic E-state index is 13.5. The second kappa shape index (κ2) is 6.20. The Labute approximate surface area is 104 Å². The van der Waals surface area contributed by atoms with Crippen LogP contribution in [0, 0.1) is 5.82 Å². The number of esters is 1.